The van der Waals surface area contributed by atoms with E-state index in [2.05, 4.69) is 0 Å². The summed E-state index contributed by atoms with van der Waals surface area (Å²) in [5.74, 6) is -2.30. The Kier molecular flexibility index (Phi) is 5.98. The summed E-state index contributed by atoms with van der Waals surface area (Å²) < 4.78 is 0. The Hall–Kier alpha value is -4.32. The molecule has 3 aromatic rings. The highest BCUT2D eigenvalue weighted by molar-refractivity contribution is 6.23. The molecular formula is C24H20N2O4. The lowest BCUT2D eigenvalue weighted by Crippen LogP contribution is -2.04. The van der Waals surface area contributed by atoms with E-state index in [0.29, 0.717) is 33.6 Å². The second kappa shape index (κ2) is 8.79. The molecule has 0 heterocycles. The molecule has 0 aromatic heterocycles. The van der Waals surface area contributed by atoms with Crippen molar-refractivity contribution in [3.8, 4) is 0 Å². The number of carboxylic acid groups (broad SMARTS) is 2. The SMILES string of the molecule is Nc1ccccc1C=C(C(=O)O)c1cccc(C(=Cc2ccccc2N)C(=O)O)c1. The molecule has 150 valence electrons. The van der Waals surface area contributed by atoms with Crippen molar-refractivity contribution in [3.63, 3.8) is 0 Å². The average molecular weight is 400 g/mol. The van der Waals surface area contributed by atoms with Crippen LogP contribution in [0.4, 0.5) is 11.4 Å². The second-order valence-corrected chi connectivity index (χ2v) is 6.56. The minimum atomic E-state index is -1.15. The predicted molar refractivity (Wildman–Crippen MR) is 119 cm³/mol. The lowest BCUT2D eigenvalue weighted by Gasteiger charge is -2.09. The highest BCUT2D eigenvalue weighted by Crippen LogP contribution is 2.27. The van der Waals surface area contributed by atoms with Gasteiger partial charge in [-0.15, -0.1) is 0 Å². The fraction of sp³-hybridized carbons (Fsp3) is 0. The molecule has 6 nitrogen and oxygen atoms in total. The van der Waals surface area contributed by atoms with Gasteiger partial charge in [0.15, 0.2) is 0 Å². The molecule has 6 heteroatoms. The quantitative estimate of drug-likeness (QED) is 0.280. The van der Waals surface area contributed by atoms with Crippen LogP contribution in [-0.2, 0) is 9.59 Å². The molecule has 0 aliphatic heterocycles. The lowest BCUT2D eigenvalue weighted by molar-refractivity contribution is -0.131. The lowest BCUT2D eigenvalue weighted by atomic mass is 9.96. The van der Waals surface area contributed by atoms with E-state index in [-0.39, 0.29) is 11.1 Å². The molecule has 30 heavy (non-hydrogen) atoms. The molecule has 0 bridgehead atoms. The van der Waals surface area contributed by atoms with E-state index >= 15 is 0 Å². The first-order valence-corrected chi connectivity index (χ1v) is 9.06. The number of aliphatic carboxylic acids is 2. The zero-order valence-corrected chi connectivity index (χ0v) is 15.9. The van der Waals surface area contributed by atoms with Gasteiger partial charge in [0.1, 0.15) is 0 Å². The minimum Gasteiger partial charge on any atom is -0.478 e. The fourth-order valence-electron chi connectivity index (χ4n) is 2.99. The maximum Gasteiger partial charge on any atom is 0.336 e. The van der Waals surface area contributed by atoms with Gasteiger partial charge in [-0.1, -0.05) is 54.6 Å². The third-order valence-electron chi connectivity index (χ3n) is 4.54. The summed E-state index contributed by atoms with van der Waals surface area (Å²) in [6, 6.07) is 20.2. The van der Waals surface area contributed by atoms with Gasteiger partial charge in [-0.25, -0.2) is 9.59 Å². The van der Waals surface area contributed by atoms with Crippen molar-refractivity contribution in [2.75, 3.05) is 11.5 Å². The number of benzene rings is 3. The molecule has 0 unspecified atom stereocenters. The molecular weight excluding hydrogens is 380 g/mol. The molecule has 0 aliphatic rings. The molecule has 3 rings (SSSR count). The first-order valence-electron chi connectivity index (χ1n) is 9.06. The van der Waals surface area contributed by atoms with Gasteiger partial charge in [-0.05, 0) is 52.6 Å². The smallest absolute Gasteiger partial charge is 0.336 e. The zero-order chi connectivity index (χ0) is 21.7. The molecule has 0 fully saturated rings. The van der Waals surface area contributed by atoms with Crippen LogP contribution < -0.4 is 11.5 Å². The van der Waals surface area contributed by atoms with Gasteiger partial charge in [-0.3, -0.25) is 0 Å². The van der Waals surface area contributed by atoms with Gasteiger partial charge >= 0.3 is 11.9 Å². The summed E-state index contributed by atoms with van der Waals surface area (Å²) in [7, 11) is 0. The molecule has 0 amide bonds. The van der Waals surface area contributed by atoms with Crippen molar-refractivity contribution in [2.45, 2.75) is 0 Å². The number of hydrogen-bond acceptors (Lipinski definition) is 4. The van der Waals surface area contributed by atoms with Crippen molar-refractivity contribution in [3.05, 3.63) is 95.1 Å². The van der Waals surface area contributed by atoms with Crippen LogP contribution in [0.1, 0.15) is 22.3 Å². The maximum atomic E-state index is 11.9. The van der Waals surface area contributed by atoms with Gasteiger partial charge in [0.25, 0.3) is 0 Å². The Morgan fingerprint density at radius 3 is 1.40 bits per heavy atom. The number of para-hydroxylation sites is 2. The minimum absolute atomic E-state index is 0.00119. The van der Waals surface area contributed by atoms with Gasteiger partial charge in [0, 0.05) is 11.4 Å². The second-order valence-electron chi connectivity index (χ2n) is 6.56. The predicted octanol–water partition coefficient (Wildman–Crippen LogP) is 4.10. The zero-order valence-electron chi connectivity index (χ0n) is 15.9. The number of carboxylic acids is 2. The number of nitrogen functional groups attached to an aromatic ring is 2. The highest BCUT2D eigenvalue weighted by Gasteiger charge is 2.16. The number of anilines is 2. The first kappa shape index (κ1) is 20.4. The standard InChI is InChI=1S/C24H20N2O4/c25-21-10-3-1-6-17(21)13-19(23(27)28)15-8-5-9-16(12-15)20(24(29)30)14-18-7-2-4-11-22(18)26/h1-14H,25-26H2,(H,27,28)(H,29,30). The first-order chi connectivity index (χ1) is 14.4. The van der Waals surface area contributed by atoms with Gasteiger partial charge in [-0.2, -0.15) is 0 Å². The van der Waals surface area contributed by atoms with Gasteiger partial charge in [0.2, 0.25) is 0 Å². The van der Waals surface area contributed by atoms with E-state index in [0.717, 1.165) is 0 Å². The molecule has 0 radical (unpaired) electrons. The van der Waals surface area contributed by atoms with Crippen molar-refractivity contribution < 1.29 is 19.8 Å². The normalized spacial score (nSPS) is 11.9. The Morgan fingerprint density at radius 2 is 1.03 bits per heavy atom. The molecule has 0 aliphatic carbocycles. The van der Waals surface area contributed by atoms with E-state index < -0.39 is 11.9 Å². The van der Waals surface area contributed by atoms with Crippen molar-refractivity contribution in [1.29, 1.82) is 0 Å². The number of rotatable bonds is 6. The van der Waals surface area contributed by atoms with Crippen LogP contribution in [0, 0.1) is 0 Å². The maximum absolute atomic E-state index is 11.9. The van der Waals surface area contributed by atoms with Crippen LogP contribution in [0.5, 0.6) is 0 Å². The Labute approximate surface area is 173 Å². The van der Waals surface area contributed by atoms with Crippen LogP contribution in [0.15, 0.2) is 72.8 Å². The Balaban J connectivity index is 2.11. The van der Waals surface area contributed by atoms with Crippen LogP contribution >= 0.6 is 0 Å². The van der Waals surface area contributed by atoms with E-state index in [1.54, 1.807) is 66.7 Å². The number of hydrogen-bond donors (Lipinski definition) is 4. The van der Waals surface area contributed by atoms with Crippen molar-refractivity contribution in [2.24, 2.45) is 0 Å². The van der Waals surface area contributed by atoms with Crippen LogP contribution in [0.3, 0.4) is 0 Å². The van der Waals surface area contributed by atoms with E-state index in [1.807, 2.05) is 0 Å². The van der Waals surface area contributed by atoms with Crippen molar-refractivity contribution >= 4 is 46.6 Å². The Bertz CT molecular complexity index is 1090. The molecule has 6 N–H and O–H groups in total. The molecule has 0 atom stereocenters. The largest absolute Gasteiger partial charge is 0.478 e. The molecule has 0 saturated heterocycles. The average Bonchev–Trinajstić information content (AvgIpc) is 2.72. The summed E-state index contributed by atoms with van der Waals surface area (Å²) in [6.07, 6.45) is 2.94. The third kappa shape index (κ3) is 4.56. The summed E-state index contributed by atoms with van der Waals surface area (Å²) in [6.45, 7) is 0. The number of carbonyl (C=O) groups is 2. The van der Waals surface area contributed by atoms with Gasteiger partial charge < -0.3 is 21.7 Å². The topological polar surface area (TPSA) is 127 Å². The van der Waals surface area contributed by atoms with Crippen LogP contribution in [-0.4, -0.2) is 22.2 Å². The summed E-state index contributed by atoms with van der Waals surface area (Å²) in [4.78, 5) is 23.8. The summed E-state index contributed by atoms with van der Waals surface area (Å²) in [5.41, 5.74) is 14.6. The van der Waals surface area contributed by atoms with Crippen LogP contribution in [0.25, 0.3) is 23.3 Å². The monoisotopic (exact) mass is 400 g/mol. The van der Waals surface area contributed by atoms with E-state index in [4.69, 9.17) is 11.5 Å². The van der Waals surface area contributed by atoms with Gasteiger partial charge in [0.05, 0.1) is 11.1 Å². The number of nitrogens with two attached hydrogens (primary N) is 2. The van der Waals surface area contributed by atoms with E-state index in [1.165, 1.54) is 18.2 Å². The van der Waals surface area contributed by atoms with Crippen molar-refractivity contribution in [1.82, 2.24) is 0 Å². The highest BCUT2D eigenvalue weighted by atomic mass is 16.4. The summed E-state index contributed by atoms with van der Waals surface area (Å²) >= 11 is 0. The molecule has 0 saturated carbocycles. The summed E-state index contributed by atoms with van der Waals surface area (Å²) in [5, 5.41) is 19.5. The third-order valence-corrected chi connectivity index (χ3v) is 4.54. The molecule has 0 spiro atoms. The van der Waals surface area contributed by atoms with E-state index in [9.17, 15) is 19.8 Å². The fourth-order valence-corrected chi connectivity index (χ4v) is 2.99. The van der Waals surface area contributed by atoms with Crippen LogP contribution in [0.2, 0.25) is 0 Å². The molecule has 3 aromatic carbocycles. The Morgan fingerprint density at radius 1 is 0.633 bits per heavy atom.